The number of nitrogens with zero attached hydrogens (tertiary/aromatic N) is 2. The number of pyridine rings is 1. The first-order valence-corrected chi connectivity index (χ1v) is 4.08. The summed E-state index contributed by atoms with van der Waals surface area (Å²) in [6.07, 6.45) is 3.22. The third-order valence-corrected chi connectivity index (χ3v) is 2.23. The van der Waals surface area contributed by atoms with E-state index in [1.54, 1.807) is 16.9 Å². The first-order chi connectivity index (χ1) is 6.75. The second-order valence-corrected chi connectivity index (χ2v) is 3.12. The van der Waals surface area contributed by atoms with Crippen LogP contribution in [0.1, 0.15) is 0 Å². The van der Waals surface area contributed by atoms with Crippen LogP contribution < -0.4 is 10.9 Å². The fourth-order valence-corrected chi connectivity index (χ4v) is 1.54. The predicted octanol–water partition coefficient (Wildman–Crippen LogP) is -0.702. The lowest BCUT2D eigenvalue weighted by molar-refractivity contribution is 0.955. The standard InChI is InChI=1S/C8H5BN4O/c9-5-3-13-6(1-7(5)14)4-2-10-11-8(4)12-13/h1-3H,(H2,10,11,12). The summed E-state index contributed by atoms with van der Waals surface area (Å²) in [7, 11) is 5.50. The lowest BCUT2D eigenvalue weighted by atomic mass is 9.98. The highest BCUT2D eigenvalue weighted by Gasteiger charge is 2.05. The largest absolute Gasteiger partial charge is 0.290 e. The fourth-order valence-electron chi connectivity index (χ4n) is 1.54. The molecule has 2 radical (unpaired) electrons. The molecule has 14 heavy (non-hydrogen) atoms. The number of aromatic nitrogens is 4. The summed E-state index contributed by atoms with van der Waals surface area (Å²) < 4.78 is 1.69. The summed E-state index contributed by atoms with van der Waals surface area (Å²) in [5, 5.41) is 10.5. The highest BCUT2D eigenvalue weighted by Crippen LogP contribution is 2.13. The van der Waals surface area contributed by atoms with E-state index in [-0.39, 0.29) is 10.9 Å². The van der Waals surface area contributed by atoms with Gasteiger partial charge in [0.05, 0.1) is 17.1 Å². The first-order valence-electron chi connectivity index (χ1n) is 4.08. The lowest BCUT2D eigenvalue weighted by Crippen LogP contribution is -2.25. The average molecular weight is 184 g/mol. The molecule has 0 aliphatic rings. The van der Waals surface area contributed by atoms with Crippen molar-refractivity contribution < 1.29 is 0 Å². The lowest BCUT2D eigenvalue weighted by Gasteiger charge is -1.94. The molecule has 0 bridgehead atoms. The van der Waals surface area contributed by atoms with E-state index in [9.17, 15) is 4.79 Å². The normalized spacial score (nSPS) is 11.4. The molecule has 3 rings (SSSR count). The Morgan fingerprint density at radius 3 is 3.21 bits per heavy atom. The Hall–Kier alpha value is -1.98. The molecule has 0 aromatic carbocycles. The van der Waals surface area contributed by atoms with Gasteiger partial charge in [0, 0.05) is 12.3 Å². The van der Waals surface area contributed by atoms with Crippen molar-refractivity contribution in [3.05, 3.63) is 28.7 Å². The maximum atomic E-state index is 11.3. The zero-order chi connectivity index (χ0) is 9.71. The predicted molar refractivity (Wildman–Crippen MR) is 53.1 cm³/mol. The summed E-state index contributed by atoms with van der Waals surface area (Å²) in [6.45, 7) is 0. The number of fused-ring (bicyclic) bond motifs is 3. The van der Waals surface area contributed by atoms with Crippen LogP contribution >= 0.6 is 0 Å². The van der Waals surface area contributed by atoms with Crippen LogP contribution in [0.5, 0.6) is 0 Å². The van der Waals surface area contributed by atoms with Gasteiger partial charge in [-0.1, -0.05) is 0 Å². The zero-order valence-corrected chi connectivity index (χ0v) is 7.11. The molecule has 3 heterocycles. The van der Waals surface area contributed by atoms with E-state index < -0.39 is 0 Å². The maximum Gasteiger partial charge on any atom is 0.175 e. The molecule has 0 unspecified atom stereocenters. The molecule has 0 aliphatic heterocycles. The van der Waals surface area contributed by atoms with Crippen molar-refractivity contribution in [3.8, 4) is 0 Å². The molecule has 3 aromatic rings. The number of nitrogens with one attached hydrogen (secondary N) is 2. The molecule has 0 spiro atoms. The van der Waals surface area contributed by atoms with E-state index >= 15 is 0 Å². The molecule has 0 aliphatic carbocycles. The van der Waals surface area contributed by atoms with E-state index in [1.807, 2.05) is 0 Å². The highest BCUT2D eigenvalue weighted by atomic mass is 16.1. The molecule has 0 saturated carbocycles. The Morgan fingerprint density at radius 1 is 1.50 bits per heavy atom. The van der Waals surface area contributed by atoms with Crippen LogP contribution in [0.3, 0.4) is 0 Å². The van der Waals surface area contributed by atoms with Gasteiger partial charge in [0.2, 0.25) is 0 Å². The van der Waals surface area contributed by atoms with Gasteiger partial charge in [-0.25, -0.2) is 0 Å². The van der Waals surface area contributed by atoms with Crippen molar-refractivity contribution >= 4 is 29.9 Å². The van der Waals surface area contributed by atoms with Crippen LogP contribution in [0.2, 0.25) is 0 Å². The topological polar surface area (TPSA) is 65.9 Å². The average Bonchev–Trinajstić information content (AvgIpc) is 2.68. The molecule has 0 saturated heterocycles. The van der Waals surface area contributed by atoms with Gasteiger partial charge in [-0.3, -0.25) is 19.5 Å². The van der Waals surface area contributed by atoms with Gasteiger partial charge in [-0.15, -0.1) is 0 Å². The Kier molecular flexibility index (Phi) is 1.21. The summed E-state index contributed by atoms with van der Waals surface area (Å²) in [4.78, 5) is 11.3. The van der Waals surface area contributed by atoms with Crippen LogP contribution in [-0.4, -0.2) is 27.7 Å². The number of hydrogen-bond donors (Lipinski definition) is 2. The Labute approximate surface area is 79.1 Å². The van der Waals surface area contributed by atoms with Gasteiger partial charge < -0.3 is 0 Å². The fraction of sp³-hybridized carbons (Fsp3) is 0. The SMILES string of the molecule is [B]c1cn2[nH]c3[nH]ncc3c2cc1=O. The van der Waals surface area contributed by atoms with Crippen LogP contribution in [0.15, 0.2) is 23.3 Å². The number of hydrogen-bond acceptors (Lipinski definition) is 2. The Balaban J connectivity index is 2.63. The van der Waals surface area contributed by atoms with Crippen molar-refractivity contribution in [3.63, 3.8) is 0 Å². The van der Waals surface area contributed by atoms with E-state index in [0.29, 0.717) is 0 Å². The van der Waals surface area contributed by atoms with Crippen molar-refractivity contribution in [1.29, 1.82) is 0 Å². The van der Waals surface area contributed by atoms with Gasteiger partial charge >= 0.3 is 0 Å². The number of rotatable bonds is 0. The van der Waals surface area contributed by atoms with Gasteiger partial charge in [-0.05, 0) is 5.46 Å². The van der Waals surface area contributed by atoms with Crippen LogP contribution in [-0.2, 0) is 0 Å². The Morgan fingerprint density at radius 2 is 2.36 bits per heavy atom. The monoisotopic (exact) mass is 184 g/mol. The molecule has 6 heteroatoms. The van der Waals surface area contributed by atoms with Crippen molar-refractivity contribution in [2.24, 2.45) is 0 Å². The highest BCUT2D eigenvalue weighted by molar-refractivity contribution is 6.32. The molecule has 0 fully saturated rings. The summed E-state index contributed by atoms with van der Waals surface area (Å²) in [5.41, 5.74) is 1.59. The van der Waals surface area contributed by atoms with E-state index in [1.165, 1.54) is 6.07 Å². The van der Waals surface area contributed by atoms with E-state index in [2.05, 4.69) is 15.3 Å². The Bertz CT molecular complexity index is 677. The van der Waals surface area contributed by atoms with Crippen LogP contribution in [0, 0.1) is 0 Å². The molecule has 5 nitrogen and oxygen atoms in total. The van der Waals surface area contributed by atoms with Crippen molar-refractivity contribution in [1.82, 2.24) is 19.8 Å². The van der Waals surface area contributed by atoms with Crippen LogP contribution in [0.25, 0.3) is 16.6 Å². The third-order valence-electron chi connectivity index (χ3n) is 2.23. The van der Waals surface area contributed by atoms with Crippen LogP contribution in [0.4, 0.5) is 0 Å². The van der Waals surface area contributed by atoms with Crippen molar-refractivity contribution in [2.45, 2.75) is 0 Å². The molecule has 0 atom stereocenters. The minimum Gasteiger partial charge on any atom is -0.290 e. The quantitative estimate of drug-likeness (QED) is 0.453. The van der Waals surface area contributed by atoms with Gasteiger partial charge in [0.25, 0.3) is 0 Å². The molecule has 0 amide bonds. The smallest absolute Gasteiger partial charge is 0.175 e. The second-order valence-electron chi connectivity index (χ2n) is 3.12. The van der Waals surface area contributed by atoms with E-state index in [0.717, 1.165) is 16.6 Å². The maximum absolute atomic E-state index is 11.3. The van der Waals surface area contributed by atoms with Gasteiger partial charge in [-0.2, -0.15) is 5.10 Å². The third kappa shape index (κ3) is 0.796. The number of H-pyrrole nitrogens is 2. The van der Waals surface area contributed by atoms with Gasteiger partial charge in [0.1, 0.15) is 13.5 Å². The van der Waals surface area contributed by atoms with Crippen molar-refractivity contribution in [2.75, 3.05) is 0 Å². The summed E-state index contributed by atoms with van der Waals surface area (Å²) in [5.74, 6) is 0. The molecule has 2 N–H and O–H groups in total. The van der Waals surface area contributed by atoms with Gasteiger partial charge in [0.15, 0.2) is 5.43 Å². The zero-order valence-electron chi connectivity index (χ0n) is 7.11. The minimum absolute atomic E-state index is 0.174. The first kappa shape index (κ1) is 7.43. The second kappa shape index (κ2) is 2.28. The van der Waals surface area contributed by atoms with E-state index in [4.69, 9.17) is 7.85 Å². The summed E-state index contributed by atoms with van der Waals surface area (Å²) >= 11 is 0. The molecular weight excluding hydrogens is 179 g/mol. The minimum atomic E-state index is -0.174. The number of aromatic amines is 2. The summed E-state index contributed by atoms with van der Waals surface area (Å²) in [6, 6.07) is 1.49. The molecule has 66 valence electrons. The molecule has 3 aromatic heterocycles. The molecular formula is C8H5BN4O.